The third-order valence-corrected chi connectivity index (χ3v) is 3.64. The minimum absolute atomic E-state index is 0.0609. The summed E-state index contributed by atoms with van der Waals surface area (Å²) in [4.78, 5) is 0. The van der Waals surface area contributed by atoms with Gasteiger partial charge in [-0.05, 0) is 0 Å². The number of unbranched alkanes of at least 4 members (excludes halogenated alkanes) is 2. The molecule has 1 aromatic carbocycles. The summed E-state index contributed by atoms with van der Waals surface area (Å²) in [6, 6.07) is 0. The van der Waals surface area contributed by atoms with Crippen molar-refractivity contribution >= 4 is 20.5 Å². The van der Waals surface area contributed by atoms with Crippen molar-refractivity contribution in [2.45, 2.75) is 39.5 Å². The van der Waals surface area contributed by atoms with Crippen LogP contribution in [0.3, 0.4) is 0 Å². The summed E-state index contributed by atoms with van der Waals surface area (Å²) < 4.78 is 40.5. The van der Waals surface area contributed by atoms with Gasteiger partial charge in [-0.1, -0.05) is 0 Å². The summed E-state index contributed by atoms with van der Waals surface area (Å²) in [6.45, 7) is 3.45. The Balaban J connectivity index is 3.08. The first-order chi connectivity index (χ1) is 7.50. The van der Waals surface area contributed by atoms with Crippen molar-refractivity contribution in [1.29, 1.82) is 0 Å². The molecule has 0 unspecified atom stereocenters. The van der Waals surface area contributed by atoms with Gasteiger partial charge in [-0.2, -0.15) is 0 Å². The van der Waals surface area contributed by atoms with Gasteiger partial charge < -0.3 is 0 Å². The number of rotatable bonds is 4. The van der Waals surface area contributed by atoms with Crippen LogP contribution in [0.15, 0.2) is 0 Å². The first-order valence-corrected chi connectivity index (χ1v) is 6.19. The number of hydrogen-bond donors (Lipinski definition) is 0. The Hall–Kier alpha value is -0.471. The third-order valence-electron chi connectivity index (χ3n) is 2.62. The number of hydrogen-bond acceptors (Lipinski definition) is 0. The molecule has 1 rings (SSSR count). The Bertz CT molecular complexity index is 359. The topological polar surface area (TPSA) is 0 Å². The van der Waals surface area contributed by atoms with E-state index in [9.17, 15) is 13.2 Å². The Labute approximate surface area is 102 Å². The Morgan fingerprint density at radius 2 is 1.62 bits per heavy atom. The second kappa shape index (κ2) is 5.74. The molecule has 4 heteroatoms. The van der Waals surface area contributed by atoms with Crippen LogP contribution in [0.5, 0.6) is 0 Å². The molecule has 1 aromatic rings. The molecule has 0 aliphatic carbocycles. The van der Waals surface area contributed by atoms with Gasteiger partial charge in [0.2, 0.25) is 0 Å². The standard InChI is InChI=1S/C12H14F3Se/c1-3-4-5-6-8-9(13)7(2)12(16)11(15)10(8)14/h3-6H2,1-2H3. The Morgan fingerprint density at radius 3 is 2.19 bits per heavy atom. The van der Waals surface area contributed by atoms with Gasteiger partial charge >= 0.3 is 102 Å². The van der Waals surface area contributed by atoms with Gasteiger partial charge in [0.05, 0.1) is 0 Å². The molecule has 0 N–H and O–H groups in total. The number of benzene rings is 1. The van der Waals surface area contributed by atoms with E-state index in [2.05, 4.69) is 16.0 Å². The fourth-order valence-electron chi connectivity index (χ4n) is 1.59. The summed E-state index contributed by atoms with van der Waals surface area (Å²) in [5.41, 5.74) is 0.0350. The first-order valence-electron chi connectivity index (χ1n) is 5.33. The summed E-state index contributed by atoms with van der Waals surface area (Å²) >= 11 is 2.36. The second-order valence-electron chi connectivity index (χ2n) is 3.83. The predicted octanol–water partition coefficient (Wildman–Crippen LogP) is 2.94. The fraction of sp³-hybridized carbons (Fsp3) is 0.500. The first kappa shape index (κ1) is 13.6. The van der Waals surface area contributed by atoms with Crippen LogP contribution in [-0.4, -0.2) is 16.0 Å². The molecule has 0 bridgehead atoms. The van der Waals surface area contributed by atoms with E-state index in [0.717, 1.165) is 12.8 Å². The molecule has 0 atom stereocenters. The van der Waals surface area contributed by atoms with E-state index in [4.69, 9.17) is 0 Å². The molecule has 89 valence electrons. The Morgan fingerprint density at radius 1 is 1.00 bits per heavy atom. The predicted molar refractivity (Wildman–Crippen MR) is 59.7 cm³/mol. The van der Waals surface area contributed by atoms with E-state index in [-0.39, 0.29) is 22.0 Å². The Kier molecular flexibility index (Phi) is 4.87. The summed E-state index contributed by atoms with van der Waals surface area (Å²) in [6.07, 6.45) is 2.78. The summed E-state index contributed by atoms with van der Waals surface area (Å²) in [5.74, 6) is -2.64. The van der Waals surface area contributed by atoms with Crippen molar-refractivity contribution in [3.63, 3.8) is 0 Å². The van der Waals surface area contributed by atoms with Crippen LogP contribution in [0.1, 0.15) is 37.3 Å². The van der Waals surface area contributed by atoms with Crippen molar-refractivity contribution < 1.29 is 13.2 Å². The molecule has 0 amide bonds. The molecule has 0 aliphatic rings. The molecule has 0 fully saturated rings. The van der Waals surface area contributed by atoms with Crippen LogP contribution < -0.4 is 4.46 Å². The maximum absolute atomic E-state index is 13.7. The molecule has 0 saturated heterocycles. The molecule has 16 heavy (non-hydrogen) atoms. The van der Waals surface area contributed by atoms with Gasteiger partial charge in [0.15, 0.2) is 0 Å². The monoisotopic (exact) mass is 295 g/mol. The van der Waals surface area contributed by atoms with Gasteiger partial charge in [0.25, 0.3) is 0 Å². The quantitative estimate of drug-likeness (QED) is 0.455. The van der Waals surface area contributed by atoms with Crippen molar-refractivity contribution in [3.8, 4) is 0 Å². The second-order valence-corrected chi connectivity index (χ2v) is 4.69. The van der Waals surface area contributed by atoms with E-state index in [1.165, 1.54) is 6.92 Å². The van der Waals surface area contributed by atoms with E-state index < -0.39 is 17.5 Å². The summed E-state index contributed by atoms with van der Waals surface area (Å²) in [5, 5.41) is 0. The van der Waals surface area contributed by atoms with Crippen LogP contribution >= 0.6 is 0 Å². The van der Waals surface area contributed by atoms with Crippen LogP contribution in [0.2, 0.25) is 0 Å². The van der Waals surface area contributed by atoms with Gasteiger partial charge in [-0.25, -0.2) is 0 Å². The van der Waals surface area contributed by atoms with Crippen molar-refractivity contribution in [2.75, 3.05) is 0 Å². The average Bonchev–Trinajstić information content (AvgIpc) is 2.28. The molecule has 0 aliphatic heterocycles. The molecular formula is C12H14F3Se. The fourth-order valence-corrected chi connectivity index (χ4v) is 1.97. The van der Waals surface area contributed by atoms with Gasteiger partial charge in [0.1, 0.15) is 0 Å². The zero-order valence-corrected chi connectivity index (χ0v) is 11.1. The van der Waals surface area contributed by atoms with Crippen molar-refractivity contribution in [2.24, 2.45) is 0 Å². The van der Waals surface area contributed by atoms with Crippen molar-refractivity contribution in [3.05, 3.63) is 28.6 Å². The minimum atomic E-state index is -1.05. The van der Waals surface area contributed by atoms with Gasteiger partial charge in [0, 0.05) is 0 Å². The van der Waals surface area contributed by atoms with Crippen molar-refractivity contribution in [1.82, 2.24) is 0 Å². The third kappa shape index (κ3) is 2.61. The normalized spacial score (nSPS) is 10.8. The molecule has 0 saturated carbocycles. The van der Waals surface area contributed by atoms with Crippen LogP contribution in [0.4, 0.5) is 13.2 Å². The molecule has 0 spiro atoms. The molecule has 0 heterocycles. The van der Waals surface area contributed by atoms with E-state index >= 15 is 0 Å². The van der Waals surface area contributed by atoms with Crippen LogP contribution in [-0.2, 0) is 6.42 Å². The SMILES string of the molecule is CCCCCc1c(F)c(C)c([Se])c(F)c1F. The maximum atomic E-state index is 13.7. The molecule has 0 nitrogen and oxygen atoms in total. The summed E-state index contributed by atoms with van der Waals surface area (Å²) in [7, 11) is 0. The van der Waals surface area contributed by atoms with Crippen LogP contribution in [0.25, 0.3) is 0 Å². The number of halogens is 3. The van der Waals surface area contributed by atoms with E-state index in [0.29, 0.717) is 6.42 Å². The van der Waals surface area contributed by atoms with E-state index in [1.807, 2.05) is 6.92 Å². The zero-order chi connectivity index (χ0) is 12.3. The van der Waals surface area contributed by atoms with Gasteiger partial charge in [-0.3, -0.25) is 0 Å². The zero-order valence-electron chi connectivity index (χ0n) is 9.37. The molecule has 1 radical (unpaired) electrons. The molecular weight excluding hydrogens is 280 g/mol. The van der Waals surface area contributed by atoms with Crippen LogP contribution in [0, 0.1) is 24.4 Å². The van der Waals surface area contributed by atoms with E-state index in [1.54, 1.807) is 0 Å². The molecule has 0 aromatic heterocycles. The van der Waals surface area contributed by atoms with Gasteiger partial charge in [-0.15, -0.1) is 0 Å². The average molecular weight is 294 g/mol.